The quantitative estimate of drug-likeness (QED) is 0.540. The molecule has 0 saturated heterocycles. The Morgan fingerprint density at radius 3 is 2.37 bits per heavy atom. The summed E-state index contributed by atoms with van der Waals surface area (Å²) < 4.78 is 2.33. The molecule has 0 atom stereocenters. The van der Waals surface area contributed by atoms with Gasteiger partial charge in [-0.15, -0.1) is 0 Å². The molecule has 134 valence electrons. The van der Waals surface area contributed by atoms with Gasteiger partial charge in [-0.2, -0.15) is 0 Å². The Morgan fingerprint density at radius 1 is 0.963 bits per heavy atom. The first-order valence-corrected chi connectivity index (χ1v) is 9.58. The second kappa shape index (κ2) is 6.07. The molecular formula is C24H23N3. The first-order chi connectivity index (χ1) is 13.2. The maximum Gasteiger partial charge on any atom is 0.0568 e. The van der Waals surface area contributed by atoms with E-state index in [-0.39, 0.29) is 5.54 Å². The summed E-state index contributed by atoms with van der Waals surface area (Å²) in [6, 6.07) is 23.7. The maximum absolute atomic E-state index is 6.51. The number of rotatable bonds is 3. The van der Waals surface area contributed by atoms with E-state index < -0.39 is 0 Å². The number of aryl methyl sites for hydroxylation is 1. The lowest BCUT2D eigenvalue weighted by Gasteiger charge is -2.38. The number of hydrogen-bond donors (Lipinski definition) is 1. The molecule has 1 aliphatic rings. The van der Waals surface area contributed by atoms with E-state index in [1.807, 2.05) is 6.20 Å². The molecule has 5 rings (SSSR count). The Kier molecular flexibility index (Phi) is 3.66. The third-order valence-electron chi connectivity index (χ3n) is 5.94. The molecule has 0 amide bonds. The predicted octanol–water partition coefficient (Wildman–Crippen LogP) is 5.34. The fourth-order valence-electron chi connectivity index (χ4n) is 4.16. The SMILES string of the molecule is Cc1nccc2c1cc(-c1ccccc1)n2-c1ccc(C2(N)CCC2)cc1. The van der Waals surface area contributed by atoms with Gasteiger partial charge in [0.2, 0.25) is 0 Å². The minimum atomic E-state index is -0.125. The first-order valence-electron chi connectivity index (χ1n) is 9.58. The molecule has 0 bridgehead atoms. The van der Waals surface area contributed by atoms with Gasteiger partial charge in [-0.25, -0.2) is 0 Å². The molecule has 0 spiro atoms. The molecule has 0 aliphatic heterocycles. The van der Waals surface area contributed by atoms with Crippen LogP contribution < -0.4 is 5.73 Å². The summed E-state index contributed by atoms with van der Waals surface area (Å²) in [7, 11) is 0. The number of benzene rings is 2. The van der Waals surface area contributed by atoms with E-state index in [0.717, 1.165) is 24.2 Å². The van der Waals surface area contributed by atoms with Crippen molar-refractivity contribution in [2.45, 2.75) is 31.7 Å². The monoisotopic (exact) mass is 353 g/mol. The van der Waals surface area contributed by atoms with Crippen LogP contribution in [-0.2, 0) is 5.54 Å². The van der Waals surface area contributed by atoms with Crippen molar-refractivity contribution in [2.75, 3.05) is 0 Å². The first kappa shape index (κ1) is 16.3. The molecule has 1 saturated carbocycles. The van der Waals surface area contributed by atoms with E-state index in [0.29, 0.717) is 0 Å². The Hall–Kier alpha value is -2.91. The lowest BCUT2D eigenvalue weighted by atomic mass is 9.73. The smallest absolute Gasteiger partial charge is 0.0568 e. The van der Waals surface area contributed by atoms with Crippen molar-refractivity contribution in [3.63, 3.8) is 0 Å². The van der Waals surface area contributed by atoms with Gasteiger partial charge >= 0.3 is 0 Å². The van der Waals surface area contributed by atoms with Crippen molar-refractivity contribution >= 4 is 10.9 Å². The fourth-order valence-corrected chi connectivity index (χ4v) is 4.16. The van der Waals surface area contributed by atoms with Crippen molar-refractivity contribution < 1.29 is 0 Å². The lowest BCUT2D eigenvalue weighted by molar-refractivity contribution is 0.253. The summed E-state index contributed by atoms with van der Waals surface area (Å²) in [6.07, 6.45) is 5.28. The average Bonchev–Trinajstić information content (AvgIpc) is 3.08. The molecule has 3 nitrogen and oxygen atoms in total. The van der Waals surface area contributed by atoms with Gasteiger partial charge in [0.25, 0.3) is 0 Å². The minimum absolute atomic E-state index is 0.125. The summed E-state index contributed by atoms with van der Waals surface area (Å²) in [4.78, 5) is 4.48. The molecule has 2 aromatic heterocycles. The molecule has 4 aromatic rings. The highest BCUT2D eigenvalue weighted by atomic mass is 15.0. The van der Waals surface area contributed by atoms with Crippen LogP contribution in [0.5, 0.6) is 0 Å². The van der Waals surface area contributed by atoms with Crippen molar-refractivity contribution in [3.05, 3.63) is 84.2 Å². The molecule has 27 heavy (non-hydrogen) atoms. The number of pyridine rings is 1. The Bertz CT molecular complexity index is 1100. The van der Waals surface area contributed by atoms with Crippen LogP contribution in [0.4, 0.5) is 0 Å². The van der Waals surface area contributed by atoms with Crippen LogP contribution in [0.1, 0.15) is 30.5 Å². The standard InChI is InChI=1S/C24H23N3/c1-17-21-16-23(18-6-3-2-4-7-18)27(22(21)12-15-26-17)20-10-8-19(9-11-20)24(25)13-5-14-24/h2-4,6-12,15-16H,5,13-14,25H2,1H3. The third kappa shape index (κ3) is 2.58. The molecule has 1 aliphatic carbocycles. The lowest BCUT2D eigenvalue weighted by Crippen LogP contribution is -2.43. The number of fused-ring (bicyclic) bond motifs is 1. The van der Waals surface area contributed by atoms with Gasteiger partial charge in [0, 0.05) is 28.5 Å². The molecule has 2 aromatic carbocycles. The predicted molar refractivity (Wildman–Crippen MR) is 111 cm³/mol. The van der Waals surface area contributed by atoms with Gasteiger partial charge in [-0.1, -0.05) is 42.5 Å². The van der Waals surface area contributed by atoms with E-state index in [9.17, 15) is 0 Å². The molecule has 1 fully saturated rings. The summed E-state index contributed by atoms with van der Waals surface area (Å²) >= 11 is 0. The van der Waals surface area contributed by atoms with Crippen LogP contribution in [0.2, 0.25) is 0 Å². The van der Waals surface area contributed by atoms with Crippen LogP contribution in [0.3, 0.4) is 0 Å². The molecule has 2 heterocycles. The summed E-state index contributed by atoms with van der Waals surface area (Å²) in [5.41, 5.74) is 13.4. The zero-order chi connectivity index (χ0) is 18.4. The van der Waals surface area contributed by atoms with E-state index in [2.05, 4.69) is 83.2 Å². The van der Waals surface area contributed by atoms with E-state index >= 15 is 0 Å². The highest BCUT2D eigenvalue weighted by molar-refractivity contribution is 5.90. The van der Waals surface area contributed by atoms with Crippen LogP contribution in [-0.4, -0.2) is 9.55 Å². The topological polar surface area (TPSA) is 43.8 Å². The minimum Gasteiger partial charge on any atom is -0.321 e. The van der Waals surface area contributed by atoms with Gasteiger partial charge < -0.3 is 10.3 Å². The third-order valence-corrected chi connectivity index (χ3v) is 5.94. The van der Waals surface area contributed by atoms with Gasteiger partial charge in [-0.3, -0.25) is 4.98 Å². The van der Waals surface area contributed by atoms with E-state index in [1.165, 1.54) is 34.1 Å². The molecule has 3 heteroatoms. The second-order valence-corrected chi connectivity index (χ2v) is 7.62. The van der Waals surface area contributed by atoms with Gasteiger partial charge in [0.05, 0.1) is 11.2 Å². The van der Waals surface area contributed by atoms with Gasteiger partial charge in [0.1, 0.15) is 0 Å². The summed E-state index contributed by atoms with van der Waals surface area (Å²) in [5, 5.41) is 1.19. The van der Waals surface area contributed by atoms with Crippen LogP contribution in [0.15, 0.2) is 72.9 Å². The largest absolute Gasteiger partial charge is 0.321 e. The number of aromatic nitrogens is 2. The highest BCUT2D eigenvalue weighted by Crippen LogP contribution is 2.39. The second-order valence-electron chi connectivity index (χ2n) is 7.62. The van der Waals surface area contributed by atoms with Gasteiger partial charge in [-0.05, 0) is 61.6 Å². The van der Waals surface area contributed by atoms with E-state index in [1.54, 1.807) is 0 Å². The average molecular weight is 353 g/mol. The van der Waals surface area contributed by atoms with Crippen LogP contribution in [0.25, 0.3) is 27.8 Å². The zero-order valence-corrected chi connectivity index (χ0v) is 15.5. The zero-order valence-electron chi connectivity index (χ0n) is 15.5. The molecular weight excluding hydrogens is 330 g/mol. The highest BCUT2D eigenvalue weighted by Gasteiger charge is 2.34. The Balaban J connectivity index is 1.71. The van der Waals surface area contributed by atoms with Crippen LogP contribution in [0, 0.1) is 6.92 Å². The molecule has 2 N–H and O–H groups in total. The Morgan fingerprint density at radius 2 is 1.70 bits per heavy atom. The summed E-state index contributed by atoms with van der Waals surface area (Å²) in [5.74, 6) is 0. The van der Waals surface area contributed by atoms with Gasteiger partial charge in [0.15, 0.2) is 0 Å². The normalized spacial score (nSPS) is 15.6. The number of hydrogen-bond acceptors (Lipinski definition) is 2. The van der Waals surface area contributed by atoms with E-state index in [4.69, 9.17) is 5.73 Å². The molecule has 0 unspecified atom stereocenters. The number of nitrogens with zero attached hydrogens (tertiary/aromatic N) is 2. The molecule has 0 radical (unpaired) electrons. The fraction of sp³-hybridized carbons (Fsp3) is 0.208. The maximum atomic E-state index is 6.51. The van der Waals surface area contributed by atoms with Crippen LogP contribution >= 0.6 is 0 Å². The Labute approximate surface area is 159 Å². The van der Waals surface area contributed by atoms with Crippen molar-refractivity contribution in [2.24, 2.45) is 5.73 Å². The van der Waals surface area contributed by atoms with Crippen molar-refractivity contribution in [1.29, 1.82) is 0 Å². The number of nitrogens with two attached hydrogens (primary N) is 1. The van der Waals surface area contributed by atoms with Crippen molar-refractivity contribution in [1.82, 2.24) is 9.55 Å². The van der Waals surface area contributed by atoms with Crippen molar-refractivity contribution in [3.8, 4) is 16.9 Å². The summed E-state index contributed by atoms with van der Waals surface area (Å²) in [6.45, 7) is 2.07.